The van der Waals surface area contributed by atoms with Gasteiger partial charge in [-0.15, -0.1) is 24.8 Å². The average Bonchev–Trinajstić information content (AvgIpc) is 3.27. The molecule has 35 heavy (non-hydrogen) atoms. The summed E-state index contributed by atoms with van der Waals surface area (Å²) < 4.78 is 11.2. The van der Waals surface area contributed by atoms with Gasteiger partial charge in [-0.1, -0.05) is 44.0 Å². The molecular weight excluding hydrogens is 479 g/mol. The number of unbranched alkanes of at least 4 members (excludes halogenated alkanes) is 3. The van der Waals surface area contributed by atoms with E-state index in [9.17, 15) is 0 Å². The second-order valence-electron chi connectivity index (χ2n) is 9.65. The molecule has 0 fully saturated rings. The highest BCUT2D eigenvalue weighted by Gasteiger charge is 2.27. The molecule has 0 saturated heterocycles. The standard InChI is InChI=1S/C29H42N2O2.2ClH/c1-4-18-30(25-14-15-26-24(22-25)13-16-28(32-2)29(26)33-3)19-9-5-6-10-20-31-21-17-23-11-7-8-12-27(23)31;;/h7-8,11-13,16,25H,4-6,9-10,14-15,17-22H2,1-3H3;2*1H. The first kappa shape index (κ1) is 29.6. The van der Waals surface area contributed by atoms with E-state index in [1.807, 2.05) is 0 Å². The summed E-state index contributed by atoms with van der Waals surface area (Å²) in [4.78, 5) is 5.35. The van der Waals surface area contributed by atoms with Crippen LogP contribution >= 0.6 is 24.8 Å². The van der Waals surface area contributed by atoms with Crippen LogP contribution in [0.4, 0.5) is 5.69 Å². The highest BCUT2D eigenvalue weighted by molar-refractivity contribution is 5.85. The molecule has 0 radical (unpaired) electrons. The van der Waals surface area contributed by atoms with Crippen LogP contribution in [0.25, 0.3) is 0 Å². The molecule has 0 aromatic heterocycles. The van der Waals surface area contributed by atoms with Gasteiger partial charge < -0.3 is 19.3 Å². The molecule has 196 valence electrons. The predicted molar refractivity (Wildman–Crippen MR) is 153 cm³/mol. The predicted octanol–water partition coefficient (Wildman–Crippen LogP) is 6.74. The average molecular weight is 524 g/mol. The van der Waals surface area contributed by atoms with Gasteiger partial charge >= 0.3 is 0 Å². The summed E-state index contributed by atoms with van der Waals surface area (Å²) in [6, 6.07) is 13.9. The van der Waals surface area contributed by atoms with Crippen LogP contribution in [0.2, 0.25) is 0 Å². The number of anilines is 1. The lowest BCUT2D eigenvalue weighted by Gasteiger charge is -2.36. The fourth-order valence-corrected chi connectivity index (χ4v) is 5.85. The first-order valence-electron chi connectivity index (χ1n) is 13.0. The topological polar surface area (TPSA) is 24.9 Å². The zero-order chi connectivity index (χ0) is 23.0. The number of nitrogens with zero attached hydrogens (tertiary/aromatic N) is 2. The van der Waals surface area contributed by atoms with Crippen LogP contribution < -0.4 is 14.4 Å². The summed E-state index contributed by atoms with van der Waals surface area (Å²) >= 11 is 0. The molecule has 2 aromatic carbocycles. The second-order valence-corrected chi connectivity index (χ2v) is 9.65. The van der Waals surface area contributed by atoms with Crippen molar-refractivity contribution in [2.75, 3.05) is 45.3 Å². The van der Waals surface area contributed by atoms with E-state index in [1.165, 1.54) is 93.5 Å². The summed E-state index contributed by atoms with van der Waals surface area (Å²) in [5, 5.41) is 0. The van der Waals surface area contributed by atoms with Crippen LogP contribution in [-0.4, -0.2) is 51.3 Å². The smallest absolute Gasteiger partial charge is 0.164 e. The van der Waals surface area contributed by atoms with Crippen LogP contribution in [-0.2, 0) is 19.3 Å². The van der Waals surface area contributed by atoms with Gasteiger partial charge in [-0.2, -0.15) is 0 Å². The molecule has 6 heteroatoms. The van der Waals surface area contributed by atoms with Crippen LogP contribution in [0.1, 0.15) is 62.1 Å². The van der Waals surface area contributed by atoms with E-state index in [1.54, 1.807) is 14.2 Å². The Morgan fingerprint density at radius 3 is 2.46 bits per heavy atom. The van der Waals surface area contributed by atoms with Crippen molar-refractivity contribution in [3.8, 4) is 11.5 Å². The molecule has 2 aliphatic rings. The van der Waals surface area contributed by atoms with Gasteiger partial charge in [-0.3, -0.25) is 0 Å². The monoisotopic (exact) mass is 522 g/mol. The van der Waals surface area contributed by atoms with E-state index < -0.39 is 0 Å². The van der Waals surface area contributed by atoms with Crippen molar-refractivity contribution >= 4 is 30.5 Å². The van der Waals surface area contributed by atoms with E-state index in [0.717, 1.165) is 24.3 Å². The summed E-state index contributed by atoms with van der Waals surface area (Å²) in [6.07, 6.45) is 11.2. The summed E-state index contributed by atoms with van der Waals surface area (Å²) in [7, 11) is 3.49. The molecule has 0 spiro atoms. The van der Waals surface area contributed by atoms with Crippen molar-refractivity contribution in [3.63, 3.8) is 0 Å². The number of hydrogen-bond donors (Lipinski definition) is 0. The van der Waals surface area contributed by atoms with Crippen LogP contribution in [0, 0.1) is 0 Å². The molecule has 4 rings (SSSR count). The van der Waals surface area contributed by atoms with Crippen LogP contribution in [0.5, 0.6) is 11.5 Å². The molecule has 1 aliphatic carbocycles. The lowest BCUT2D eigenvalue weighted by molar-refractivity contribution is 0.175. The number of ether oxygens (including phenoxy) is 2. The van der Waals surface area contributed by atoms with Crippen LogP contribution in [0.3, 0.4) is 0 Å². The normalized spacial score (nSPS) is 16.2. The Hall–Kier alpha value is -1.62. The van der Waals surface area contributed by atoms with Crippen molar-refractivity contribution in [1.82, 2.24) is 4.90 Å². The molecule has 1 unspecified atom stereocenters. The van der Waals surface area contributed by atoms with Gasteiger partial charge in [0.05, 0.1) is 14.2 Å². The molecule has 2 aromatic rings. The Kier molecular flexibility index (Phi) is 12.5. The minimum absolute atomic E-state index is 0. The molecule has 1 atom stereocenters. The summed E-state index contributed by atoms with van der Waals surface area (Å²) in [5.41, 5.74) is 5.79. The quantitative estimate of drug-likeness (QED) is 0.288. The summed E-state index contributed by atoms with van der Waals surface area (Å²) in [5.74, 6) is 1.80. The largest absolute Gasteiger partial charge is 0.493 e. The Balaban J connectivity index is 0.00000216. The van der Waals surface area contributed by atoms with E-state index in [2.05, 4.69) is 53.1 Å². The second kappa shape index (κ2) is 14.8. The molecule has 0 amide bonds. The lowest BCUT2D eigenvalue weighted by Crippen LogP contribution is -2.40. The third-order valence-electron chi connectivity index (χ3n) is 7.56. The SMILES string of the molecule is CCCN(CCCCCCN1CCc2ccccc21)C1CCc2c(ccc(OC)c2OC)C1.Cl.Cl. The van der Waals surface area contributed by atoms with Gasteiger partial charge in [0.1, 0.15) is 0 Å². The minimum Gasteiger partial charge on any atom is -0.493 e. The Morgan fingerprint density at radius 2 is 1.69 bits per heavy atom. The number of halogens is 2. The van der Waals surface area contributed by atoms with Crippen molar-refractivity contribution < 1.29 is 9.47 Å². The van der Waals surface area contributed by atoms with Crippen LogP contribution in [0.15, 0.2) is 36.4 Å². The Labute approximate surface area is 225 Å². The Morgan fingerprint density at radius 1 is 0.886 bits per heavy atom. The zero-order valence-electron chi connectivity index (χ0n) is 21.8. The highest BCUT2D eigenvalue weighted by atomic mass is 35.5. The number of fused-ring (bicyclic) bond motifs is 2. The first-order valence-corrected chi connectivity index (χ1v) is 13.0. The number of benzene rings is 2. The van der Waals surface area contributed by atoms with E-state index >= 15 is 0 Å². The molecule has 1 aliphatic heterocycles. The van der Waals surface area contributed by atoms with Gasteiger partial charge in [0.25, 0.3) is 0 Å². The van der Waals surface area contributed by atoms with Gasteiger partial charge in [-0.05, 0) is 81.3 Å². The minimum atomic E-state index is 0. The lowest BCUT2D eigenvalue weighted by atomic mass is 9.86. The van der Waals surface area contributed by atoms with E-state index in [4.69, 9.17) is 9.47 Å². The summed E-state index contributed by atoms with van der Waals surface area (Å²) in [6.45, 7) is 7.15. The highest BCUT2D eigenvalue weighted by Crippen LogP contribution is 2.38. The maximum atomic E-state index is 5.69. The molecule has 4 nitrogen and oxygen atoms in total. The number of methoxy groups -OCH3 is 2. The third-order valence-corrected chi connectivity index (χ3v) is 7.56. The third kappa shape index (κ3) is 7.21. The fourth-order valence-electron chi connectivity index (χ4n) is 5.85. The van der Waals surface area contributed by atoms with Crippen molar-refractivity contribution in [3.05, 3.63) is 53.1 Å². The van der Waals surface area contributed by atoms with Gasteiger partial charge in [-0.25, -0.2) is 0 Å². The Bertz CT molecular complexity index is 908. The molecular formula is C29H44Cl2N2O2. The molecule has 0 bridgehead atoms. The van der Waals surface area contributed by atoms with E-state index in [-0.39, 0.29) is 24.8 Å². The molecule has 0 N–H and O–H groups in total. The molecule has 1 heterocycles. The van der Waals surface area contributed by atoms with Crippen molar-refractivity contribution in [2.24, 2.45) is 0 Å². The number of rotatable bonds is 12. The van der Waals surface area contributed by atoms with Crippen molar-refractivity contribution in [1.29, 1.82) is 0 Å². The zero-order valence-corrected chi connectivity index (χ0v) is 23.4. The fraction of sp³-hybridized carbons (Fsp3) is 0.586. The molecule has 0 saturated carbocycles. The van der Waals surface area contributed by atoms with Gasteiger partial charge in [0, 0.05) is 30.4 Å². The number of hydrogen-bond acceptors (Lipinski definition) is 4. The first-order chi connectivity index (χ1) is 16.2. The maximum absolute atomic E-state index is 5.69. The number of para-hydroxylation sites is 1. The van der Waals surface area contributed by atoms with Crippen molar-refractivity contribution in [2.45, 2.75) is 70.8 Å². The maximum Gasteiger partial charge on any atom is 0.164 e. The van der Waals surface area contributed by atoms with Gasteiger partial charge in [0.2, 0.25) is 0 Å². The van der Waals surface area contributed by atoms with Gasteiger partial charge in [0.15, 0.2) is 11.5 Å². The van der Waals surface area contributed by atoms with E-state index in [0.29, 0.717) is 6.04 Å².